The van der Waals surface area contributed by atoms with Gasteiger partial charge in [0.15, 0.2) is 6.10 Å². The summed E-state index contributed by atoms with van der Waals surface area (Å²) in [5.41, 5.74) is -0.229. The molecule has 0 spiro atoms. The number of halogens is 3. The second kappa shape index (κ2) is 5.09. The highest BCUT2D eigenvalue weighted by atomic mass is 19.4. The molecule has 1 atom stereocenters. The minimum atomic E-state index is -4.73. The molecule has 0 saturated heterocycles. The highest BCUT2D eigenvalue weighted by Gasteiger charge is 2.41. The fourth-order valence-electron chi connectivity index (χ4n) is 2.00. The Morgan fingerprint density at radius 2 is 1.84 bits per heavy atom. The lowest BCUT2D eigenvalue weighted by Crippen LogP contribution is -2.21. The van der Waals surface area contributed by atoms with Crippen LogP contribution in [0.4, 0.5) is 13.2 Å². The number of aliphatic hydroxyl groups excluding tert-OH is 1. The van der Waals surface area contributed by atoms with E-state index in [-0.39, 0.29) is 17.9 Å². The lowest BCUT2D eigenvalue weighted by Gasteiger charge is -2.20. The molecule has 1 unspecified atom stereocenters. The van der Waals surface area contributed by atoms with E-state index in [4.69, 9.17) is 4.74 Å². The first-order chi connectivity index (χ1) is 8.95. The molecule has 0 amide bonds. The molecule has 0 bridgehead atoms. The van der Waals surface area contributed by atoms with Gasteiger partial charge in [-0.3, -0.25) is 0 Å². The fraction of sp³-hybridized carbons (Fsp3) is 0.286. The van der Waals surface area contributed by atoms with Crippen molar-refractivity contribution >= 4 is 10.8 Å². The van der Waals surface area contributed by atoms with Crippen molar-refractivity contribution in [3.05, 3.63) is 42.0 Å². The van der Waals surface area contributed by atoms with Gasteiger partial charge in [-0.25, -0.2) is 0 Å². The summed E-state index contributed by atoms with van der Waals surface area (Å²) in [6, 6.07) is 9.72. The third-order valence-electron chi connectivity index (χ3n) is 2.81. The van der Waals surface area contributed by atoms with Crippen LogP contribution in [-0.2, 0) is 0 Å². The number of ether oxygens (including phenoxy) is 1. The van der Waals surface area contributed by atoms with Gasteiger partial charge in [0.1, 0.15) is 5.75 Å². The van der Waals surface area contributed by atoms with Crippen LogP contribution in [0.25, 0.3) is 10.8 Å². The maximum atomic E-state index is 12.8. The Hall–Kier alpha value is -1.75. The van der Waals surface area contributed by atoms with E-state index >= 15 is 0 Å². The van der Waals surface area contributed by atoms with E-state index in [9.17, 15) is 18.3 Å². The second-order valence-electron chi connectivity index (χ2n) is 4.08. The fourth-order valence-corrected chi connectivity index (χ4v) is 2.00. The van der Waals surface area contributed by atoms with Crippen molar-refractivity contribution < 1.29 is 23.0 Å². The maximum Gasteiger partial charge on any atom is 0.418 e. The van der Waals surface area contributed by atoms with Crippen LogP contribution in [0, 0.1) is 0 Å². The van der Waals surface area contributed by atoms with Crippen LogP contribution < -0.4 is 4.74 Å². The molecule has 0 saturated carbocycles. The monoisotopic (exact) mass is 270 g/mol. The zero-order chi connectivity index (χ0) is 14.0. The molecule has 0 aliphatic carbocycles. The molecule has 0 radical (unpaired) electrons. The van der Waals surface area contributed by atoms with Gasteiger partial charge >= 0.3 is 6.18 Å². The molecule has 0 fully saturated rings. The molecule has 2 rings (SSSR count). The molecule has 1 N–H and O–H groups in total. The van der Waals surface area contributed by atoms with E-state index in [2.05, 4.69) is 0 Å². The normalized spacial score (nSPS) is 13.5. The lowest BCUT2D eigenvalue weighted by atomic mass is 9.99. The first-order valence-corrected chi connectivity index (χ1v) is 5.84. The Bertz CT molecular complexity index is 578. The number of benzene rings is 2. The summed E-state index contributed by atoms with van der Waals surface area (Å²) in [6.07, 6.45) is -7.28. The zero-order valence-electron chi connectivity index (χ0n) is 10.2. The summed E-state index contributed by atoms with van der Waals surface area (Å²) in [5.74, 6) is 0.0611. The molecule has 102 valence electrons. The van der Waals surface area contributed by atoms with Gasteiger partial charge in [0.2, 0.25) is 0 Å². The SMILES string of the molecule is CCOc1ccc2ccccc2c1C(O)C(F)(F)F. The number of rotatable bonds is 3. The van der Waals surface area contributed by atoms with Crippen molar-refractivity contribution in [2.75, 3.05) is 6.61 Å². The molecule has 0 aliphatic rings. The molecule has 0 aromatic heterocycles. The van der Waals surface area contributed by atoms with Gasteiger partial charge in [-0.1, -0.05) is 30.3 Å². The highest BCUT2D eigenvalue weighted by Crippen LogP contribution is 2.41. The van der Waals surface area contributed by atoms with Gasteiger partial charge < -0.3 is 9.84 Å². The summed E-state index contributed by atoms with van der Waals surface area (Å²) >= 11 is 0. The van der Waals surface area contributed by atoms with Crippen LogP contribution in [-0.4, -0.2) is 17.9 Å². The molecular weight excluding hydrogens is 257 g/mol. The minimum absolute atomic E-state index is 0.0611. The van der Waals surface area contributed by atoms with Gasteiger partial charge in [0, 0.05) is 5.56 Å². The van der Waals surface area contributed by atoms with Crippen LogP contribution in [0.3, 0.4) is 0 Å². The standard InChI is InChI=1S/C14H13F3O2/c1-2-19-11-8-7-9-5-3-4-6-10(9)12(11)13(18)14(15,16)17/h3-8,13,18H,2H2,1H3. The third-order valence-corrected chi connectivity index (χ3v) is 2.81. The average Bonchev–Trinajstić information content (AvgIpc) is 2.37. The number of hydrogen-bond acceptors (Lipinski definition) is 2. The Morgan fingerprint density at radius 1 is 1.16 bits per heavy atom. The van der Waals surface area contributed by atoms with Gasteiger partial charge in [0.05, 0.1) is 6.61 Å². The van der Waals surface area contributed by atoms with Crippen molar-refractivity contribution in [2.24, 2.45) is 0 Å². The number of hydrogen-bond donors (Lipinski definition) is 1. The first-order valence-electron chi connectivity index (χ1n) is 5.84. The van der Waals surface area contributed by atoms with Gasteiger partial charge in [-0.2, -0.15) is 13.2 Å². The Balaban J connectivity index is 2.68. The predicted octanol–water partition coefficient (Wildman–Crippen LogP) is 3.83. The van der Waals surface area contributed by atoms with Crippen LogP contribution >= 0.6 is 0 Å². The van der Waals surface area contributed by atoms with Gasteiger partial charge in [-0.15, -0.1) is 0 Å². The summed E-state index contributed by atoms with van der Waals surface area (Å²) in [7, 11) is 0. The van der Waals surface area contributed by atoms with E-state index in [1.807, 2.05) is 0 Å². The zero-order valence-corrected chi connectivity index (χ0v) is 10.2. The number of alkyl halides is 3. The topological polar surface area (TPSA) is 29.5 Å². The summed E-state index contributed by atoms with van der Waals surface area (Å²) < 4.78 is 43.5. The van der Waals surface area contributed by atoms with Crippen molar-refractivity contribution in [3.8, 4) is 5.75 Å². The average molecular weight is 270 g/mol. The molecule has 0 heterocycles. The Labute approximate surface area is 108 Å². The van der Waals surface area contributed by atoms with Gasteiger partial charge in [-0.05, 0) is 23.8 Å². The van der Waals surface area contributed by atoms with Crippen LogP contribution in [0.15, 0.2) is 36.4 Å². The minimum Gasteiger partial charge on any atom is -0.493 e. The molecule has 5 heteroatoms. The van der Waals surface area contributed by atoms with Crippen LogP contribution in [0.2, 0.25) is 0 Å². The van der Waals surface area contributed by atoms with Crippen LogP contribution in [0.5, 0.6) is 5.75 Å². The van der Waals surface area contributed by atoms with E-state index in [1.165, 1.54) is 6.07 Å². The summed E-state index contributed by atoms with van der Waals surface area (Å²) in [5, 5.41) is 10.5. The van der Waals surface area contributed by atoms with Crippen molar-refractivity contribution in [1.82, 2.24) is 0 Å². The smallest absolute Gasteiger partial charge is 0.418 e. The molecule has 2 nitrogen and oxygen atoms in total. The van der Waals surface area contributed by atoms with E-state index in [1.54, 1.807) is 37.3 Å². The van der Waals surface area contributed by atoms with E-state index < -0.39 is 12.3 Å². The van der Waals surface area contributed by atoms with Crippen molar-refractivity contribution in [2.45, 2.75) is 19.2 Å². The number of fused-ring (bicyclic) bond motifs is 1. The van der Waals surface area contributed by atoms with Gasteiger partial charge in [0.25, 0.3) is 0 Å². The van der Waals surface area contributed by atoms with Crippen molar-refractivity contribution in [1.29, 1.82) is 0 Å². The second-order valence-corrected chi connectivity index (χ2v) is 4.08. The molecule has 19 heavy (non-hydrogen) atoms. The van der Waals surface area contributed by atoms with E-state index in [0.717, 1.165) is 0 Å². The Morgan fingerprint density at radius 3 is 2.47 bits per heavy atom. The maximum absolute atomic E-state index is 12.8. The van der Waals surface area contributed by atoms with Crippen molar-refractivity contribution in [3.63, 3.8) is 0 Å². The summed E-state index contributed by atoms with van der Waals surface area (Å²) in [6.45, 7) is 1.91. The third kappa shape index (κ3) is 2.66. The molecule has 0 aliphatic heterocycles. The predicted molar refractivity (Wildman–Crippen MR) is 66.1 cm³/mol. The summed E-state index contributed by atoms with van der Waals surface area (Å²) in [4.78, 5) is 0. The number of aliphatic hydroxyl groups is 1. The lowest BCUT2D eigenvalue weighted by molar-refractivity contribution is -0.206. The Kier molecular flexibility index (Phi) is 3.66. The quantitative estimate of drug-likeness (QED) is 0.918. The largest absolute Gasteiger partial charge is 0.493 e. The molecule has 2 aromatic carbocycles. The molecule has 2 aromatic rings. The first kappa shape index (κ1) is 13.7. The van der Waals surface area contributed by atoms with E-state index in [0.29, 0.717) is 10.8 Å². The highest BCUT2D eigenvalue weighted by molar-refractivity contribution is 5.88. The molecular formula is C14H13F3O2. The van der Waals surface area contributed by atoms with Crippen LogP contribution in [0.1, 0.15) is 18.6 Å².